The lowest BCUT2D eigenvalue weighted by Crippen LogP contribution is -2.23. The number of aldehydes is 2. The Bertz CT molecular complexity index is 379. The van der Waals surface area contributed by atoms with Crippen molar-refractivity contribution in [2.45, 2.75) is 46.0 Å². The molecule has 0 saturated carbocycles. The molecule has 0 heterocycles. The molecule has 126 valence electrons. The Hall–Kier alpha value is -1.49. The zero-order valence-corrected chi connectivity index (χ0v) is 14.0. The van der Waals surface area contributed by atoms with E-state index in [0.29, 0.717) is 12.0 Å². The average Bonchev–Trinajstić information content (AvgIpc) is 2.49. The summed E-state index contributed by atoms with van der Waals surface area (Å²) in [6.07, 6.45) is 7.74. The molecule has 0 aromatic carbocycles. The van der Waals surface area contributed by atoms with E-state index in [-0.39, 0.29) is 11.8 Å². The van der Waals surface area contributed by atoms with E-state index in [1.165, 1.54) is 0 Å². The van der Waals surface area contributed by atoms with Crippen molar-refractivity contribution in [1.82, 2.24) is 4.90 Å². The van der Waals surface area contributed by atoms with Gasteiger partial charge in [-0.05, 0) is 46.2 Å². The first-order valence-electron chi connectivity index (χ1n) is 7.89. The summed E-state index contributed by atoms with van der Waals surface area (Å²) in [4.78, 5) is 34.4. The molecule has 0 bridgehead atoms. The Morgan fingerprint density at radius 1 is 1.14 bits per heavy atom. The highest BCUT2D eigenvalue weighted by molar-refractivity contribution is 5.85. The van der Waals surface area contributed by atoms with Crippen molar-refractivity contribution in [2.24, 2.45) is 11.8 Å². The molecule has 0 fully saturated rings. The molecule has 5 heteroatoms. The third kappa shape index (κ3) is 10.3. The van der Waals surface area contributed by atoms with Crippen LogP contribution in [0.25, 0.3) is 0 Å². The summed E-state index contributed by atoms with van der Waals surface area (Å²) in [5.41, 5.74) is 0.364. The second kappa shape index (κ2) is 12.1. The molecule has 0 rings (SSSR count). The maximum atomic E-state index is 11.1. The quantitative estimate of drug-likeness (QED) is 0.418. The summed E-state index contributed by atoms with van der Waals surface area (Å²) in [6, 6.07) is 0. The molecule has 0 aliphatic rings. The molecule has 0 aliphatic carbocycles. The summed E-state index contributed by atoms with van der Waals surface area (Å²) in [6.45, 7) is 5.07. The smallest absolute Gasteiger partial charge is 0.330 e. The molecule has 0 saturated heterocycles. The van der Waals surface area contributed by atoms with Crippen molar-refractivity contribution in [3.05, 3.63) is 11.6 Å². The van der Waals surface area contributed by atoms with Crippen LogP contribution in [0.3, 0.4) is 0 Å². The number of carbonyl (C=O) groups excluding carboxylic acids is 2. The van der Waals surface area contributed by atoms with Crippen molar-refractivity contribution in [1.29, 1.82) is 0 Å². The van der Waals surface area contributed by atoms with Crippen LogP contribution in [0.15, 0.2) is 11.6 Å². The molecule has 0 aliphatic heterocycles. The summed E-state index contributed by atoms with van der Waals surface area (Å²) in [7, 11) is 1.97. The van der Waals surface area contributed by atoms with E-state index in [9.17, 15) is 14.4 Å². The Morgan fingerprint density at radius 2 is 1.82 bits per heavy atom. The van der Waals surface area contributed by atoms with Crippen molar-refractivity contribution < 1.29 is 19.5 Å². The molecule has 0 aromatic heterocycles. The van der Waals surface area contributed by atoms with Crippen molar-refractivity contribution in [3.63, 3.8) is 0 Å². The molecule has 2 unspecified atom stereocenters. The van der Waals surface area contributed by atoms with Gasteiger partial charge in [0, 0.05) is 24.0 Å². The molecular weight excluding hydrogens is 282 g/mol. The van der Waals surface area contributed by atoms with Crippen LogP contribution < -0.4 is 0 Å². The van der Waals surface area contributed by atoms with E-state index in [1.807, 2.05) is 14.0 Å². The number of rotatable bonds is 13. The van der Waals surface area contributed by atoms with Crippen LogP contribution in [0.5, 0.6) is 0 Å². The normalized spacial score (nSPS) is 14.6. The highest BCUT2D eigenvalue weighted by atomic mass is 16.4. The molecule has 0 spiro atoms. The lowest BCUT2D eigenvalue weighted by molar-refractivity contribution is -0.132. The first-order chi connectivity index (χ1) is 10.4. The van der Waals surface area contributed by atoms with E-state index >= 15 is 0 Å². The van der Waals surface area contributed by atoms with Crippen molar-refractivity contribution >= 4 is 18.5 Å². The van der Waals surface area contributed by atoms with Crippen LogP contribution in [0.2, 0.25) is 0 Å². The minimum Gasteiger partial charge on any atom is -0.478 e. The van der Waals surface area contributed by atoms with E-state index < -0.39 is 5.97 Å². The van der Waals surface area contributed by atoms with Crippen molar-refractivity contribution in [2.75, 3.05) is 20.1 Å². The first kappa shape index (κ1) is 20.5. The van der Waals surface area contributed by atoms with Gasteiger partial charge in [-0.15, -0.1) is 0 Å². The Balaban J connectivity index is 3.92. The molecule has 5 nitrogen and oxygen atoms in total. The van der Waals surface area contributed by atoms with Gasteiger partial charge >= 0.3 is 5.97 Å². The highest BCUT2D eigenvalue weighted by Crippen LogP contribution is 2.14. The molecule has 22 heavy (non-hydrogen) atoms. The zero-order valence-electron chi connectivity index (χ0n) is 14.0. The average molecular weight is 311 g/mol. The van der Waals surface area contributed by atoms with Crippen LogP contribution in [0, 0.1) is 11.8 Å². The van der Waals surface area contributed by atoms with E-state index in [0.717, 1.165) is 51.3 Å². The van der Waals surface area contributed by atoms with Gasteiger partial charge < -0.3 is 19.6 Å². The Morgan fingerprint density at radius 3 is 2.36 bits per heavy atom. The number of aliphatic carboxylic acids is 1. The van der Waals surface area contributed by atoms with Crippen LogP contribution >= 0.6 is 0 Å². The number of hydrogen-bond donors (Lipinski definition) is 1. The second-order valence-corrected chi connectivity index (χ2v) is 6.01. The summed E-state index contributed by atoms with van der Waals surface area (Å²) in [5, 5.41) is 8.75. The summed E-state index contributed by atoms with van der Waals surface area (Å²) < 4.78 is 0. The van der Waals surface area contributed by atoms with E-state index in [1.54, 1.807) is 13.0 Å². The van der Waals surface area contributed by atoms with Gasteiger partial charge in [-0.3, -0.25) is 0 Å². The minimum absolute atomic E-state index is 0.0394. The molecule has 1 N–H and O–H groups in total. The van der Waals surface area contributed by atoms with Gasteiger partial charge in [0.25, 0.3) is 0 Å². The lowest BCUT2D eigenvalue weighted by atomic mass is 9.96. The topological polar surface area (TPSA) is 74.7 Å². The number of carboxylic acid groups (broad SMARTS) is 1. The molecule has 2 atom stereocenters. The van der Waals surface area contributed by atoms with Gasteiger partial charge in [-0.2, -0.15) is 0 Å². The molecular formula is C17H29NO4. The van der Waals surface area contributed by atoms with Crippen molar-refractivity contribution in [3.8, 4) is 0 Å². The highest BCUT2D eigenvalue weighted by Gasteiger charge is 2.10. The number of carboxylic acids is 1. The molecule has 0 amide bonds. The Kier molecular flexibility index (Phi) is 11.3. The largest absolute Gasteiger partial charge is 0.478 e. The van der Waals surface area contributed by atoms with E-state index in [4.69, 9.17) is 5.11 Å². The fraction of sp³-hybridized carbons (Fsp3) is 0.706. The second-order valence-electron chi connectivity index (χ2n) is 6.01. The van der Waals surface area contributed by atoms with Crippen LogP contribution in [-0.2, 0) is 14.4 Å². The summed E-state index contributed by atoms with van der Waals surface area (Å²) in [5.74, 6) is -0.773. The van der Waals surface area contributed by atoms with Crippen LogP contribution in [0.4, 0.5) is 0 Å². The van der Waals surface area contributed by atoms with Crippen LogP contribution in [-0.4, -0.2) is 48.7 Å². The lowest BCUT2D eigenvalue weighted by Gasteiger charge is -2.18. The monoisotopic (exact) mass is 311 g/mol. The first-order valence-corrected chi connectivity index (χ1v) is 7.89. The third-order valence-corrected chi connectivity index (χ3v) is 3.84. The minimum atomic E-state index is -0.881. The fourth-order valence-corrected chi connectivity index (χ4v) is 2.14. The predicted octanol–water partition coefficient (Wildman–Crippen LogP) is 2.55. The maximum Gasteiger partial charge on any atom is 0.330 e. The van der Waals surface area contributed by atoms with Gasteiger partial charge in [-0.1, -0.05) is 19.4 Å². The number of carbonyl (C=O) groups is 3. The van der Waals surface area contributed by atoms with E-state index in [2.05, 4.69) is 4.90 Å². The number of nitrogens with zero attached hydrogens (tertiary/aromatic N) is 1. The SMILES string of the molecule is CC(=CCCN(C)CCC(C=O)CCCC(C)C=O)C(=O)O. The van der Waals surface area contributed by atoms with Gasteiger partial charge in [-0.25, -0.2) is 4.79 Å². The predicted molar refractivity (Wildman–Crippen MR) is 86.8 cm³/mol. The van der Waals surface area contributed by atoms with Gasteiger partial charge in [0.2, 0.25) is 0 Å². The Labute approximate surface area is 133 Å². The van der Waals surface area contributed by atoms with Gasteiger partial charge in [0.15, 0.2) is 0 Å². The van der Waals surface area contributed by atoms with Gasteiger partial charge in [0.1, 0.15) is 12.6 Å². The van der Waals surface area contributed by atoms with Gasteiger partial charge in [0.05, 0.1) is 0 Å². The summed E-state index contributed by atoms with van der Waals surface area (Å²) >= 11 is 0. The molecule has 0 aromatic rings. The zero-order chi connectivity index (χ0) is 17.0. The fourth-order valence-electron chi connectivity index (χ4n) is 2.14. The maximum absolute atomic E-state index is 11.1. The third-order valence-electron chi connectivity index (χ3n) is 3.84. The number of hydrogen-bond acceptors (Lipinski definition) is 4. The van der Waals surface area contributed by atoms with Crippen LogP contribution in [0.1, 0.15) is 46.0 Å². The standard InChI is InChI=1S/C17H29NO4/c1-14(12-19)6-4-8-16(13-20)9-11-18(3)10-5-7-15(2)17(21)22/h7,12-14,16H,4-6,8-11H2,1-3H3,(H,21,22). The molecule has 0 radical (unpaired) electrons.